The Morgan fingerprint density at radius 2 is 1.84 bits per heavy atom. The van der Waals surface area contributed by atoms with E-state index in [1.54, 1.807) is 6.07 Å². The molecular weight excluding hydrogens is 306 g/mol. The number of carbonyl (C=O) groups is 1. The van der Waals surface area contributed by atoms with Crippen molar-refractivity contribution in [1.82, 2.24) is 0 Å². The van der Waals surface area contributed by atoms with Gasteiger partial charge in [-0.2, -0.15) is 0 Å². The minimum absolute atomic E-state index is 0.176. The van der Waals surface area contributed by atoms with E-state index in [9.17, 15) is 4.79 Å². The van der Waals surface area contributed by atoms with Crippen LogP contribution in [0.3, 0.4) is 0 Å². The average Bonchev–Trinajstić information content (AvgIpc) is 2.93. The van der Waals surface area contributed by atoms with Gasteiger partial charge in [-0.3, -0.25) is 4.79 Å². The normalized spacial score (nSPS) is 10.6. The maximum absolute atomic E-state index is 11.9. The van der Waals surface area contributed by atoms with Gasteiger partial charge >= 0.3 is 0 Å². The topological polar surface area (TPSA) is 42.2 Å². The SMILES string of the molecule is O=C(Nc1ccc2cc(Br)ccc2c1)c1ccoc1. The van der Waals surface area contributed by atoms with Crippen LogP contribution in [0.1, 0.15) is 10.4 Å². The summed E-state index contributed by atoms with van der Waals surface area (Å²) in [4.78, 5) is 11.9. The number of hydrogen-bond acceptors (Lipinski definition) is 2. The highest BCUT2D eigenvalue weighted by Gasteiger charge is 2.07. The van der Waals surface area contributed by atoms with Crippen LogP contribution in [0.5, 0.6) is 0 Å². The first-order valence-electron chi connectivity index (χ1n) is 5.75. The van der Waals surface area contributed by atoms with Crippen LogP contribution in [0, 0.1) is 0 Å². The number of hydrogen-bond donors (Lipinski definition) is 1. The Labute approximate surface area is 118 Å². The van der Waals surface area contributed by atoms with Crippen LogP contribution in [0.4, 0.5) is 5.69 Å². The Balaban J connectivity index is 1.89. The molecule has 1 N–H and O–H groups in total. The summed E-state index contributed by atoms with van der Waals surface area (Å²) in [5.74, 6) is -0.176. The van der Waals surface area contributed by atoms with Crippen molar-refractivity contribution in [1.29, 1.82) is 0 Å². The van der Waals surface area contributed by atoms with E-state index in [4.69, 9.17) is 4.42 Å². The van der Waals surface area contributed by atoms with Crippen molar-refractivity contribution < 1.29 is 9.21 Å². The highest BCUT2D eigenvalue weighted by atomic mass is 79.9. The van der Waals surface area contributed by atoms with Crippen LogP contribution in [0.25, 0.3) is 10.8 Å². The fraction of sp³-hybridized carbons (Fsp3) is 0. The monoisotopic (exact) mass is 315 g/mol. The summed E-state index contributed by atoms with van der Waals surface area (Å²) < 4.78 is 5.93. The van der Waals surface area contributed by atoms with E-state index in [-0.39, 0.29) is 5.91 Å². The third kappa shape index (κ3) is 2.53. The van der Waals surface area contributed by atoms with E-state index in [0.29, 0.717) is 5.56 Å². The molecule has 0 atom stereocenters. The molecule has 0 aliphatic heterocycles. The zero-order valence-electron chi connectivity index (χ0n) is 9.89. The Morgan fingerprint density at radius 3 is 2.63 bits per heavy atom. The van der Waals surface area contributed by atoms with Gasteiger partial charge in [0, 0.05) is 10.2 Å². The molecule has 0 saturated carbocycles. The molecular formula is C15H10BrNO2. The van der Waals surface area contributed by atoms with E-state index in [1.165, 1.54) is 12.5 Å². The van der Waals surface area contributed by atoms with Crippen LogP contribution in [0.15, 0.2) is 63.9 Å². The quantitative estimate of drug-likeness (QED) is 0.759. The summed E-state index contributed by atoms with van der Waals surface area (Å²) >= 11 is 3.44. The van der Waals surface area contributed by atoms with E-state index in [1.807, 2.05) is 36.4 Å². The second-order valence-corrected chi connectivity index (χ2v) is 5.09. The van der Waals surface area contributed by atoms with E-state index >= 15 is 0 Å². The molecule has 0 saturated heterocycles. The van der Waals surface area contributed by atoms with Crippen molar-refractivity contribution >= 4 is 38.3 Å². The predicted octanol–water partition coefficient (Wildman–Crippen LogP) is 4.45. The molecule has 3 aromatic rings. The molecule has 2 aromatic carbocycles. The minimum atomic E-state index is -0.176. The maximum atomic E-state index is 11.9. The lowest BCUT2D eigenvalue weighted by Gasteiger charge is -2.05. The number of furan rings is 1. The van der Waals surface area contributed by atoms with Crippen LogP contribution in [0.2, 0.25) is 0 Å². The largest absolute Gasteiger partial charge is 0.472 e. The summed E-state index contributed by atoms with van der Waals surface area (Å²) in [7, 11) is 0. The molecule has 1 heterocycles. The van der Waals surface area contributed by atoms with Crippen molar-refractivity contribution in [2.24, 2.45) is 0 Å². The summed E-state index contributed by atoms with van der Waals surface area (Å²) in [5, 5.41) is 5.04. The van der Waals surface area contributed by atoms with Crippen molar-refractivity contribution in [2.45, 2.75) is 0 Å². The van der Waals surface area contributed by atoms with Crippen molar-refractivity contribution in [2.75, 3.05) is 5.32 Å². The lowest BCUT2D eigenvalue weighted by molar-refractivity contribution is 0.102. The number of fused-ring (bicyclic) bond motifs is 1. The van der Waals surface area contributed by atoms with Gasteiger partial charge in [0.15, 0.2) is 0 Å². The summed E-state index contributed by atoms with van der Waals surface area (Å²) in [6.45, 7) is 0. The van der Waals surface area contributed by atoms with E-state index in [2.05, 4.69) is 21.2 Å². The predicted molar refractivity (Wildman–Crippen MR) is 78.3 cm³/mol. The molecule has 4 heteroatoms. The van der Waals surface area contributed by atoms with Gasteiger partial charge in [-0.1, -0.05) is 28.1 Å². The van der Waals surface area contributed by atoms with Crippen LogP contribution in [-0.4, -0.2) is 5.91 Å². The average molecular weight is 316 g/mol. The molecule has 3 nitrogen and oxygen atoms in total. The standard InChI is InChI=1S/C15H10BrNO2/c16-13-3-1-11-8-14(4-2-10(11)7-13)17-15(18)12-5-6-19-9-12/h1-9H,(H,17,18). The third-order valence-electron chi connectivity index (χ3n) is 2.84. The van der Waals surface area contributed by atoms with E-state index < -0.39 is 0 Å². The fourth-order valence-electron chi connectivity index (χ4n) is 1.89. The first-order valence-corrected chi connectivity index (χ1v) is 6.54. The second-order valence-electron chi connectivity index (χ2n) is 4.17. The number of benzene rings is 2. The lowest BCUT2D eigenvalue weighted by atomic mass is 10.1. The van der Waals surface area contributed by atoms with Gasteiger partial charge in [-0.25, -0.2) is 0 Å². The number of anilines is 1. The summed E-state index contributed by atoms with van der Waals surface area (Å²) in [6, 6.07) is 13.5. The zero-order valence-corrected chi connectivity index (χ0v) is 11.5. The molecule has 0 aliphatic carbocycles. The van der Waals surface area contributed by atoms with Gasteiger partial charge in [0.2, 0.25) is 0 Å². The summed E-state index contributed by atoms with van der Waals surface area (Å²) in [5.41, 5.74) is 1.27. The smallest absolute Gasteiger partial charge is 0.258 e. The van der Waals surface area contributed by atoms with Crippen LogP contribution >= 0.6 is 15.9 Å². The van der Waals surface area contributed by atoms with Crippen molar-refractivity contribution in [3.8, 4) is 0 Å². The molecule has 0 unspecified atom stereocenters. The fourth-order valence-corrected chi connectivity index (χ4v) is 2.27. The number of halogens is 1. The molecule has 0 bridgehead atoms. The Bertz CT molecular complexity index is 735. The van der Waals surface area contributed by atoms with Crippen LogP contribution < -0.4 is 5.32 Å². The first-order chi connectivity index (χ1) is 9.22. The maximum Gasteiger partial charge on any atom is 0.258 e. The number of nitrogens with one attached hydrogen (secondary N) is 1. The minimum Gasteiger partial charge on any atom is -0.472 e. The van der Waals surface area contributed by atoms with Gasteiger partial charge in [-0.05, 0) is 41.1 Å². The lowest BCUT2D eigenvalue weighted by Crippen LogP contribution is -2.10. The molecule has 0 spiro atoms. The van der Waals surface area contributed by atoms with Gasteiger partial charge in [0.25, 0.3) is 5.91 Å². The molecule has 3 rings (SSSR count). The molecule has 1 amide bonds. The molecule has 0 aliphatic rings. The molecule has 0 radical (unpaired) electrons. The van der Waals surface area contributed by atoms with Gasteiger partial charge in [0.1, 0.15) is 6.26 Å². The zero-order chi connectivity index (χ0) is 13.2. The Hall–Kier alpha value is -2.07. The second kappa shape index (κ2) is 4.90. The first kappa shape index (κ1) is 12.0. The molecule has 1 aromatic heterocycles. The molecule has 19 heavy (non-hydrogen) atoms. The van der Waals surface area contributed by atoms with Gasteiger partial charge < -0.3 is 9.73 Å². The number of carbonyl (C=O) groups excluding carboxylic acids is 1. The highest BCUT2D eigenvalue weighted by Crippen LogP contribution is 2.23. The van der Waals surface area contributed by atoms with Gasteiger partial charge in [0.05, 0.1) is 11.8 Å². The highest BCUT2D eigenvalue weighted by molar-refractivity contribution is 9.10. The van der Waals surface area contributed by atoms with Crippen LogP contribution in [-0.2, 0) is 0 Å². The van der Waals surface area contributed by atoms with Crippen molar-refractivity contribution in [3.63, 3.8) is 0 Å². The van der Waals surface area contributed by atoms with Crippen molar-refractivity contribution in [3.05, 3.63) is 65.0 Å². The third-order valence-corrected chi connectivity index (χ3v) is 3.34. The van der Waals surface area contributed by atoms with Gasteiger partial charge in [-0.15, -0.1) is 0 Å². The molecule has 94 valence electrons. The number of amides is 1. The summed E-state index contributed by atoms with van der Waals surface area (Å²) in [6.07, 6.45) is 2.90. The Morgan fingerprint density at radius 1 is 1.05 bits per heavy atom. The molecule has 0 fully saturated rings. The number of rotatable bonds is 2. The van der Waals surface area contributed by atoms with E-state index in [0.717, 1.165) is 20.9 Å². The Kier molecular flexibility index (Phi) is 3.09.